The van der Waals surface area contributed by atoms with Crippen molar-refractivity contribution >= 4 is 46.7 Å². The molecule has 0 unspecified atom stereocenters. The highest BCUT2D eigenvalue weighted by atomic mass is 32.1. The van der Waals surface area contributed by atoms with Crippen molar-refractivity contribution in [3.63, 3.8) is 0 Å². The second kappa shape index (κ2) is 18.1. The lowest BCUT2D eigenvalue weighted by atomic mass is 9.92. The second-order valence-corrected chi connectivity index (χ2v) is 15.0. The number of carbonyl (C=O) groups is 5. The van der Waals surface area contributed by atoms with Gasteiger partial charge in [0, 0.05) is 59.7 Å². The molecule has 1 saturated heterocycles. The molecule has 1 aliphatic heterocycles. The van der Waals surface area contributed by atoms with Crippen LogP contribution in [0.1, 0.15) is 86.5 Å². The first-order valence-corrected chi connectivity index (χ1v) is 18.6. The molecule has 0 bridgehead atoms. The molecule has 4 rings (SSSR count). The Kier molecular flexibility index (Phi) is 13.9. The number of hydrogen-bond donors (Lipinski definition) is 5. The average Bonchev–Trinajstić information content (AvgIpc) is 3.63. The second-order valence-electron chi connectivity index (χ2n) is 14.3. The number of anilines is 1. The van der Waals surface area contributed by atoms with Crippen LogP contribution in [0.5, 0.6) is 0 Å². The molecule has 5 amide bonds. The summed E-state index contributed by atoms with van der Waals surface area (Å²) in [4.78, 5) is 72.2. The van der Waals surface area contributed by atoms with E-state index in [-0.39, 0.29) is 53.5 Å². The minimum Gasteiger partial charge on any atom is -0.449 e. The summed E-state index contributed by atoms with van der Waals surface area (Å²) >= 11 is 1.43. The maximum Gasteiger partial charge on any atom is 0.414 e. The smallest absolute Gasteiger partial charge is 0.414 e. The predicted molar refractivity (Wildman–Crippen MR) is 201 cm³/mol. The van der Waals surface area contributed by atoms with E-state index < -0.39 is 36.0 Å². The van der Waals surface area contributed by atoms with Gasteiger partial charge in [-0.3, -0.25) is 24.1 Å². The number of nitrogens with zero attached hydrogens (tertiary/aromatic N) is 2. The number of amides is 5. The molecule has 2 aromatic carbocycles. The van der Waals surface area contributed by atoms with Crippen LogP contribution >= 0.6 is 11.3 Å². The highest BCUT2D eigenvalue weighted by Crippen LogP contribution is 2.30. The van der Waals surface area contributed by atoms with Crippen molar-refractivity contribution in [2.75, 3.05) is 31.1 Å². The molecule has 13 nitrogen and oxygen atoms in total. The normalized spacial score (nSPS) is 16.2. The zero-order chi connectivity index (χ0) is 38.0. The molecule has 1 aromatic heterocycles. The fourth-order valence-corrected chi connectivity index (χ4v) is 6.32. The lowest BCUT2D eigenvalue weighted by Gasteiger charge is -2.37. The van der Waals surface area contributed by atoms with E-state index in [4.69, 9.17) is 4.74 Å². The Bertz CT molecular complexity index is 1700. The number of aromatic nitrogens is 1. The molecular formula is C38H51N7O6S. The number of carbonyl (C=O) groups excluding carboxylic acids is 5. The Morgan fingerprint density at radius 3 is 2.23 bits per heavy atom. The number of ether oxygens (including phenoxy) is 1. The Labute approximate surface area is 309 Å². The Balaban J connectivity index is 1.57. The monoisotopic (exact) mass is 733 g/mol. The summed E-state index contributed by atoms with van der Waals surface area (Å²) in [6.07, 6.45) is -0.205. The number of thiazole rings is 1. The quantitative estimate of drug-likeness (QED) is 0.146. The first kappa shape index (κ1) is 40.0. The van der Waals surface area contributed by atoms with Gasteiger partial charge in [-0.2, -0.15) is 0 Å². The summed E-state index contributed by atoms with van der Waals surface area (Å²) in [5.41, 5.74) is 3.74. The van der Waals surface area contributed by atoms with Crippen LogP contribution in [-0.4, -0.2) is 79.1 Å². The number of rotatable bonds is 16. The van der Waals surface area contributed by atoms with Crippen LogP contribution in [0, 0.1) is 11.3 Å². The topological polar surface area (TPSA) is 171 Å². The van der Waals surface area contributed by atoms with Crippen LogP contribution in [-0.2, 0) is 20.7 Å². The third-order valence-corrected chi connectivity index (χ3v) is 9.37. The zero-order valence-electron chi connectivity index (χ0n) is 30.9. The van der Waals surface area contributed by atoms with Gasteiger partial charge in [-0.15, -0.1) is 11.3 Å². The molecule has 0 saturated carbocycles. The molecule has 0 spiro atoms. The summed E-state index contributed by atoms with van der Waals surface area (Å²) in [6.45, 7) is 14.3. The van der Waals surface area contributed by atoms with Crippen LogP contribution in [0.15, 0.2) is 59.4 Å². The summed E-state index contributed by atoms with van der Waals surface area (Å²) in [5.74, 6) is -1.62. The summed E-state index contributed by atoms with van der Waals surface area (Å²) in [7, 11) is 0. The molecule has 1 aliphatic rings. The molecule has 2 heterocycles. The van der Waals surface area contributed by atoms with Crippen LogP contribution in [0.3, 0.4) is 0 Å². The first-order chi connectivity index (χ1) is 24.7. The van der Waals surface area contributed by atoms with Crippen LogP contribution < -0.4 is 31.5 Å². The standard InChI is InChI=1S/C38H51N7O6S/c1-8-39-36(49)32(23(2)3)44-33(46)25(5)40-18-29(17-30-19-52-22-41-30)43-35(48)28-14-27(34(47)42-24(4)26-12-10-9-11-13-26)15-31(16-28)45-20-38(6,7)21-51-37(45)50/h9-16,19,22-25,29,32,40H,8,17-18,20-21H2,1-7H3,(H,39,49)(H,42,47)(H,43,48)(H,44,46)/t24-,25+,29+,32+/m1/s1. The summed E-state index contributed by atoms with van der Waals surface area (Å²) in [5, 5.41) is 16.7. The molecule has 280 valence electrons. The predicted octanol–water partition coefficient (Wildman–Crippen LogP) is 4.21. The molecular weight excluding hydrogens is 683 g/mol. The van der Waals surface area contributed by atoms with Gasteiger partial charge in [-0.05, 0) is 50.5 Å². The SMILES string of the molecule is CCNC(=O)[C@@H](NC(=O)[C@H](C)NC[C@H](Cc1cscn1)NC(=O)c1cc(C(=O)N[C@H](C)c2ccccc2)cc(N2CC(C)(C)COC2=O)c1)C(C)C. The van der Waals surface area contributed by atoms with Gasteiger partial charge in [0.05, 0.1) is 29.9 Å². The summed E-state index contributed by atoms with van der Waals surface area (Å²) in [6, 6.07) is 12.0. The van der Waals surface area contributed by atoms with Gasteiger partial charge in [0.15, 0.2) is 0 Å². The molecule has 0 aliphatic carbocycles. The van der Waals surface area contributed by atoms with Crippen molar-refractivity contribution in [3.05, 3.63) is 81.8 Å². The minimum atomic E-state index is -0.695. The highest BCUT2D eigenvalue weighted by molar-refractivity contribution is 7.07. The Morgan fingerprint density at radius 2 is 1.62 bits per heavy atom. The zero-order valence-corrected chi connectivity index (χ0v) is 31.8. The molecule has 14 heteroatoms. The number of benzene rings is 2. The van der Waals surface area contributed by atoms with Gasteiger partial charge in [-0.25, -0.2) is 9.78 Å². The van der Waals surface area contributed by atoms with E-state index in [1.807, 2.05) is 77.3 Å². The highest BCUT2D eigenvalue weighted by Gasteiger charge is 2.35. The fraction of sp³-hybridized carbons (Fsp3) is 0.474. The van der Waals surface area contributed by atoms with E-state index in [9.17, 15) is 24.0 Å². The third kappa shape index (κ3) is 11.1. The molecule has 3 aromatic rings. The van der Waals surface area contributed by atoms with Crippen LogP contribution in [0.25, 0.3) is 0 Å². The van der Waals surface area contributed by atoms with E-state index in [1.54, 1.807) is 24.6 Å². The van der Waals surface area contributed by atoms with Crippen molar-refractivity contribution in [1.82, 2.24) is 31.6 Å². The van der Waals surface area contributed by atoms with Gasteiger partial charge in [-0.1, -0.05) is 58.0 Å². The molecule has 1 fully saturated rings. The largest absolute Gasteiger partial charge is 0.449 e. The lowest BCUT2D eigenvalue weighted by Crippen LogP contribution is -2.55. The Hall–Kier alpha value is -4.82. The van der Waals surface area contributed by atoms with Crippen LogP contribution in [0.2, 0.25) is 0 Å². The van der Waals surface area contributed by atoms with E-state index in [2.05, 4.69) is 31.6 Å². The Morgan fingerprint density at radius 1 is 0.942 bits per heavy atom. The number of nitrogens with one attached hydrogen (secondary N) is 5. The molecule has 0 radical (unpaired) electrons. The number of hydrogen-bond acceptors (Lipinski definition) is 9. The van der Waals surface area contributed by atoms with Crippen molar-refractivity contribution in [2.45, 2.75) is 79.1 Å². The van der Waals surface area contributed by atoms with Crippen molar-refractivity contribution in [2.24, 2.45) is 11.3 Å². The minimum absolute atomic E-state index is 0.124. The maximum absolute atomic E-state index is 14.0. The van der Waals surface area contributed by atoms with Crippen molar-refractivity contribution in [3.8, 4) is 0 Å². The molecule has 52 heavy (non-hydrogen) atoms. The third-order valence-electron chi connectivity index (χ3n) is 8.73. The lowest BCUT2D eigenvalue weighted by molar-refractivity contribution is -0.130. The first-order valence-electron chi connectivity index (χ1n) is 17.6. The fourth-order valence-electron chi connectivity index (χ4n) is 5.75. The van der Waals surface area contributed by atoms with Gasteiger partial charge in [0.1, 0.15) is 6.04 Å². The van der Waals surface area contributed by atoms with E-state index >= 15 is 0 Å². The van der Waals surface area contributed by atoms with E-state index in [1.165, 1.54) is 22.3 Å². The summed E-state index contributed by atoms with van der Waals surface area (Å²) < 4.78 is 5.46. The van der Waals surface area contributed by atoms with Gasteiger partial charge in [0.25, 0.3) is 11.8 Å². The van der Waals surface area contributed by atoms with Crippen molar-refractivity contribution < 1.29 is 28.7 Å². The molecule has 5 N–H and O–H groups in total. The van der Waals surface area contributed by atoms with Gasteiger partial charge < -0.3 is 31.3 Å². The van der Waals surface area contributed by atoms with E-state index in [0.717, 1.165) is 11.3 Å². The maximum atomic E-state index is 14.0. The van der Waals surface area contributed by atoms with Gasteiger partial charge in [0.2, 0.25) is 11.8 Å². The number of likely N-dealkylation sites (N-methyl/N-ethyl adjacent to an activating group) is 1. The van der Waals surface area contributed by atoms with Crippen molar-refractivity contribution in [1.29, 1.82) is 0 Å². The van der Waals surface area contributed by atoms with Crippen LogP contribution in [0.4, 0.5) is 10.5 Å². The molecule has 4 atom stereocenters. The average molecular weight is 734 g/mol. The number of cyclic esters (lactones) is 1. The van der Waals surface area contributed by atoms with E-state index in [0.29, 0.717) is 25.2 Å². The van der Waals surface area contributed by atoms with Gasteiger partial charge >= 0.3 is 6.09 Å².